The van der Waals surface area contributed by atoms with Crippen molar-refractivity contribution in [3.05, 3.63) is 35.4 Å². The van der Waals surface area contributed by atoms with Crippen LogP contribution >= 0.6 is 0 Å². The van der Waals surface area contributed by atoms with Crippen LogP contribution in [0.25, 0.3) is 0 Å². The molecule has 0 heterocycles. The summed E-state index contributed by atoms with van der Waals surface area (Å²) in [6, 6.07) is 7.81. The first kappa shape index (κ1) is 14.7. The van der Waals surface area contributed by atoms with E-state index in [4.69, 9.17) is 10.6 Å². The van der Waals surface area contributed by atoms with Gasteiger partial charge in [0.15, 0.2) is 0 Å². The third-order valence-corrected chi connectivity index (χ3v) is 3.00. The minimum atomic E-state index is -0.188. The van der Waals surface area contributed by atoms with Crippen molar-refractivity contribution in [3.63, 3.8) is 0 Å². The van der Waals surface area contributed by atoms with E-state index in [0.717, 1.165) is 11.1 Å². The molecule has 100 valence electrons. The molecule has 0 bridgehead atoms. The fourth-order valence-corrected chi connectivity index (χ4v) is 1.41. The van der Waals surface area contributed by atoms with E-state index in [-0.39, 0.29) is 12.0 Å². The number of nitrogens with one attached hydrogen (secondary N) is 1. The summed E-state index contributed by atoms with van der Waals surface area (Å²) in [7, 11) is 0. The van der Waals surface area contributed by atoms with Crippen molar-refractivity contribution in [3.8, 4) is 0 Å². The monoisotopic (exact) mass is 250 g/mol. The maximum Gasteiger partial charge on any atom is 0.238 e. The van der Waals surface area contributed by atoms with Crippen molar-refractivity contribution < 1.29 is 9.53 Å². The van der Waals surface area contributed by atoms with Crippen LogP contribution in [0.15, 0.2) is 24.3 Å². The number of ether oxygens (including phenoxy) is 1. The second-order valence-corrected chi connectivity index (χ2v) is 4.82. The number of hydrogen-bond donors (Lipinski definition) is 2. The van der Waals surface area contributed by atoms with Gasteiger partial charge >= 0.3 is 0 Å². The van der Waals surface area contributed by atoms with E-state index in [0.29, 0.717) is 18.9 Å². The van der Waals surface area contributed by atoms with E-state index in [9.17, 15) is 4.79 Å². The number of hydrazine groups is 1. The molecular formula is C14H22N2O2. The average Bonchev–Trinajstić information content (AvgIpc) is 2.37. The molecule has 0 aromatic heterocycles. The lowest BCUT2D eigenvalue weighted by Gasteiger charge is -2.16. The van der Waals surface area contributed by atoms with Crippen LogP contribution in [-0.2, 0) is 22.6 Å². The van der Waals surface area contributed by atoms with Gasteiger partial charge in [0.1, 0.15) is 0 Å². The molecule has 0 saturated carbocycles. The number of carbonyl (C=O) groups excluding carboxylic acids is 1. The zero-order valence-electron chi connectivity index (χ0n) is 11.3. The summed E-state index contributed by atoms with van der Waals surface area (Å²) in [6.45, 7) is 6.95. The zero-order chi connectivity index (χ0) is 13.5. The molecule has 0 aliphatic heterocycles. The fourth-order valence-electron chi connectivity index (χ4n) is 1.41. The first-order valence-corrected chi connectivity index (χ1v) is 6.21. The topological polar surface area (TPSA) is 64.3 Å². The molecule has 0 spiro atoms. The Kier molecular flexibility index (Phi) is 5.82. The predicted octanol–water partition coefficient (Wildman–Crippen LogP) is 1.78. The van der Waals surface area contributed by atoms with Crippen LogP contribution in [0, 0.1) is 5.92 Å². The van der Waals surface area contributed by atoms with E-state index in [1.807, 2.05) is 24.3 Å². The number of rotatable bonds is 6. The van der Waals surface area contributed by atoms with Gasteiger partial charge in [0, 0.05) is 0 Å². The summed E-state index contributed by atoms with van der Waals surface area (Å²) in [4.78, 5) is 11.1. The molecule has 18 heavy (non-hydrogen) atoms. The molecule has 0 aliphatic rings. The van der Waals surface area contributed by atoms with Crippen LogP contribution in [0.3, 0.4) is 0 Å². The standard InChI is InChI=1S/C14H22N2O2/c1-10(2)11(3)18-9-13-6-4-12(5-7-13)8-14(17)16-15/h4-7,10-11H,8-9,15H2,1-3H3,(H,16,17). The molecule has 4 heteroatoms. The molecule has 1 rings (SSSR count). The third-order valence-electron chi connectivity index (χ3n) is 3.00. The molecule has 0 aliphatic carbocycles. The van der Waals surface area contributed by atoms with Gasteiger partial charge in [0.05, 0.1) is 19.1 Å². The highest BCUT2D eigenvalue weighted by molar-refractivity contribution is 5.77. The van der Waals surface area contributed by atoms with E-state index in [2.05, 4.69) is 26.2 Å². The fraction of sp³-hybridized carbons (Fsp3) is 0.500. The van der Waals surface area contributed by atoms with Gasteiger partial charge in [-0.05, 0) is 24.0 Å². The van der Waals surface area contributed by atoms with Crippen molar-refractivity contribution in [2.75, 3.05) is 0 Å². The lowest BCUT2D eigenvalue weighted by atomic mass is 10.1. The van der Waals surface area contributed by atoms with Gasteiger partial charge in [-0.25, -0.2) is 5.84 Å². The molecule has 0 saturated heterocycles. The SMILES string of the molecule is CC(C)C(C)OCc1ccc(CC(=O)NN)cc1. The first-order chi connectivity index (χ1) is 8.52. The summed E-state index contributed by atoms with van der Waals surface area (Å²) < 4.78 is 5.73. The normalized spacial score (nSPS) is 12.5. The third kappa shape index (κ3) is 4.85. The molecule has 1 atom stereocenters. The highest BCUT2D eigenvalue weighted by Gasteiger charge is 2.07. The Labute approximate surface area is 108 Å². The molecule has 3 N–H and O–H groups in total. The maximum absolute atomic E-state index is 11.1. The Hall–Kier alpha value is -1.39. The molecule has 4 nitrogen and oxygen atoms in total. The van der Waals surface area contributed by atoms with Gasteiger partial charge < -0.3 is 4.74 Å². The van der Waals surface area contributed by atoms with Crippen LogP contribution in [-0.4, -0.2) is 12.0 Å². The van der Waals surface area contributed by atoms with E-state index in [1.165, 1.54) is 0 Å². The Morgan fingerprint density at radius 3 is 2.28 bits per heavy atom. The number of benzene rings is 1. The zero-order valence-corrected chi connectivity index (χ0v) is 11.3. The van der Waals surface area contributed by atoms with Crippen LogP contribution in [0.5, 0.6) is 0 Å². The molecular weight excluding hydrogens is 228 g/mol. The molecule has 0 fully saturated rings. The van der Waals surface area contributed by atoms with Crippen molar-refractivity contribution in [2.24, 2.45) is 11.8 Å². The number of amides is 1. The van der Waals surface area contributed by atoms with E-state index < -0.39 is 0 Å². The second kappa shape index (κ2) is 7.13. The summed E-state index contributed by atoms with van der Waals surface area (Å²) in [5.41, 5.74) is 4.17. The maximum atomic E-state index is 11.1. The number of carbonyl (C=O) groups is 1. The quantitative estimate of drug-likeness (QED) is 0.459. The largest absolute Gasteiger partial charge is 0.374 e. The van der Waals surface area contributed by atoms with Gasteiger partial charge in [-0.1, -0.05) is 38.1 Å². The lowest BCUT2D eigenvalue weighted by Crippen LogP contribution is -2.31. The van der Waals surface area contributed by atoms with Crippen LogP contribution in [0.2, 0.25) is 0 Å². The van der Waals surface area contributed by atoms with Crippen LogP contribution in [0.1, 0.15) is 31.9 Å². The van der Waals surface area contributed by atoms with Gasteiger partial charge in [0.25, 0.3) is 0 Å². The number of hydrogen-bond acceptors (Lipinski definition) is 3. The van der Waals surface area contributed by atoms with Gasteiger partial charge in [-0.15, -0.1) is 0 Å². The molecule has 0 radical (unpaired) electrons. The molecule has 1 aromatic rings. The summed E-state index contributed by atoms with van der Waals surface area (Å²) in [6.07, 6.45) is 0.549. The number of nitrogens with two attached hydrogens (primary N) is 1. The summed E-state index contributed by atoms with van der Waals surface area (Å²) >= 11 is 0. The summed E-state index contributed by atoms with van der Waals surface area (Å²) in [5.74, 6) is 5.36. The van der Waals surface area contributed by atoms with Gasteiger partial charge in [0.2, 0.25) is 5.91 Å². The second-order valence-electron chi connectivity index (χ2n) is 4.82. The summed E-state index contributed by atoms with van der Waals surface area (Å²) in [5, 5.41) is 0. The minimum Gasteiger partial charge on any atom is -0.374 e. The minimum absolute atomic E-state index is 0.188. The smallest absolute Gasteiger partial charge is 0.238 e. The molecule has 1 amide bonds. The van der Waals surface area contributed by atoms with Crippen LogP contribution < -0.4 is 11.3 Å². The predicted molar refractivity (Wildman–Crippen MR) is 71.6 cm³/mol. The highest BCUT2D eigenvalue weighted by Crippen LogP contribution is 2.11. The van der Waals surface area contributed by atoms with E-state index in [1.54, 1.807) is 0 Å². The first-order valence-electron chi connectivity index (χ1n) is 6.21. The molecule has 1 unspecified atom stereocenters. The van der Waals surface area contributed by atoms with Gasteiger partial charge in [-0.3, -0.25) is 10.2 Å². The Morgan fingerprint density at radius 1 is 1.22 bits per heavy atom. The van der Waals surface area contributed by atoms with Crippen molar-refractivity contribution in [1.29, 1.82) is 0 Å². The Morgan fingerprint density at radius 2 is 1.78 bits per heavy atom. The highest BCUT2D eigenvalue weighted by atomic mass is 16.5. The van der Waals surface area contributed by atoms with Crippen molar-refractivity contribution in [1.82, 2.24) is 5.43 Å². The van der Waals surface area contributed by atoms with E-state index >= 15 is 0 Å². The Bertz CT molecular complexity index is 374. The average molecular weight is 250 g/mol. The van der Waals surface area contributed by atoms with Crippen LogP contribution in [0.4, 0.5) is 0 Å². The van der Waals surface area contributed by atoms with Gasteiger partial charge in [-0.2, -0.15) is 0 Å². The van der Waals surface area contributed by atoms with Crippen molar-refractivity contribution >= 4 is 5.91 Å². The molecule has 1 aromatic carbocycles. The Balaban J connectivity index is 2.47. The van der Waals surface area contributed by atoms with Crippen molar-refractivity contribution in [2.45, 2.75) is 39.9 Å². The lowest BCUT2D eigenvalue weighted by molar-refractivity contribution is -0.120.